The Morgan fingerprint density at radius 3 is 2.38 bits per heavy atom. The van der Waals surface area contributed by atoms with Gasteiger partial charge in [0.25, 0.3) is 0 Å². The van der Waals surface area contributed by atoms with Gasteiger partial charge in [0.2, 0.25) is 0 Å². The molecule has 1 heterocycles. The summed E-state index contributed by atoms with van der Waals surface area (Å²) in [5, 5.41) is 11.6. The standard InChI is InChI=1S/C17H18N2O2/c20-17(21)18-15-10-6-9-14(13-7-2-1-3-8-13)16(15)19-11-4-5-12-19/h1-3,6-10,18H,4-5,11-12H2,(H,20,21). The molecule has 2 aromatic rings. The number of benzene rings is 2. The summed E-state index contributed by atoms with van der Waals surface area (Å²) in [6.07, 6.45) is 1.27. The molecule has 0 radical (unpaired) electrons. The number of amides is 1. The van der Waals surface area contributed by atoms with Crippen LogP contribution in [0, 0.1) is 0 Å². The third kappa shape index (κ3) is 2.84. The van der Waals surface area contributed by atoms with Gasteiger partial charge in [0, 0.05) is 18.7 Å². The average molecular weight is 282 g/mol. The fraction of sp³-hybridized carbons (Fsp3) is 0.235. The predicted molar refractivity (Wildman–Crippen MR) is 85.0 cm³/mol. The van der Waals surface area contributed by atoms with Crippen LogP contribution in [0.25, 0.3) is 11.1 Å². The Hall–Kier alpha value is -2.49. The number of carbonyl (C=O) groups is 1. The van der Waals surface area contributed by atoms with E-state index in [4.69, 9.17) is 5.11 Å². The number of rotatable bonds is 3. The minimum Gasteiger partial charge on any atom is -0.465 e. The van der Waals surface area contributed by atoms with Crippen molar-refractivity contribution in [3.63, 3.8) is 0 Å². The number of carboxylic acid groups (broad SMARTS) is 1. The highest BCUT2D eigenvalue weighted by Crippen LogP contribution is 2.38. The third-order valence-electron chi connectivity index (χ3n) is 3.78. The SMILES string of the molecule is O=C(O)Nc1cccc(-c2ccccc2)c1N1CCCC1. The lowest BCUT2D eigenvalue weighted by atomic mass is 10.0. The van der Waals surface area contributed by atoms with Crippen molar-refractivity contribution in [2.75, 3.05) is 23.3 Å². The Balaban J connectivity index is 2.12. The summed E-state index contributed by atoms with van der Waals surface area (Å²) < 4.78 is 0. The molecule has 21 heavy (non-hydrogen) atoms. The fourth-order valence-electron chi connectivity index (χ4n) is 2.89. The second-order valence-electron chi connectivity index (χ2n) is 5.19. The lowest BCUT2D eigenvalue weighted by molar-refractivity contribution is 0.210. The van der Waals surface area contributed by atoms with Crippen molar-refractivity contribution in [3.8, 4) is 11.1 Å². The topological polar surface area (TPSA) is 52.6 Å². The number of nitrogens with zero attached hydrogens (tertiary/aromatic N) is 1. The molecule has 0 unspecified atom stereocenters. The summed E-state index contributed by atoms with van der Waals surface area (Å²) in [5.74, 6) is 0. The van der Waals surface area contributed by atoms with Crippen molar-refractivity contribution in [2.45, 2.75) is 12.8 Å². The van der Waals surface area contributed by atoms with E-state index in [0.29, 0.717) is 5.69 Å². The molecule has 2 N–H and O–H groups in total. The quantitative estimate of drug-likeness (QED) is 0.893. The third-order valence-corrected chi connectivity index (χ3v) is 3.78. The lowest BCUT2D eigenvalue weighted by Gasteiger charge is -2.24. The van der Waals surface area contributed by atoms with Gasteiger partial charge in [0.1, 0.15) is 0 Å². The van der Waals surface area contributed by atoms with Crippen LogP contribution in [0.15, 0.2) is 48.5 Å². The van der Waals surface area contributed by atoms with E-state index in [1.165, 1.54) is 0 Å². The molecular formula is C17H18N2O2. The molecule has 3 rings (SSSR count). The molecule has 4 nitrogen and oxygen atoms in total. The molecule has 0 aromatic heterocycles. The van der Waals surface area contributed by atoms with Crippen LogP contribution in [0.2, 0.25) is 0 Å². The van der Waals surface area contributed by atoms with Crippen molar-refractivity contribution in [1.82, 2.24) is 0 Å². The minimum absolute atomic E-state index is 0.658. The van der Waals surface area contributed by atoms with Crippen LogP contribution in [-0.2, 0) is 0 Å². The first kappa shape index (κ1) is 13.5. The van der Waals surface area contributed by atoms with E-state index in [1.54, 1.807) is 0 Å². The van der Waals surface area contributed by atoms with Gasteiger partial charge < -0.3 is 10.0 Å². The molecule has 1 amide bonds. The number of anilines is 2. The summed E-state index contributed by atoms with van der Waals surface area (Å²) in [7, 11) is 0. The lowest BCUT2D eigenvalue weighted by Crippen LogP contribution is -2.21. The van der Waals surface area contributed by atoms with Crippen LogP contribution >= 0.6 is 0 Å². The predicted octanol–water partition coefficient (Wildman–Crippen LogP) is 4.04. The summed E-state index contributed by atoms with van der Waals surface area (Å²) in [6, 6.07) is 15.9. The zero-order chi connectivity index (χ0) is 14.7. The van der Waals surface area contributed by atoms with Crippen molar-refractivity contribution >= 4 is 17.5 Å². The van der Waals surface area contributed by atoms with Crippen molar-refractivity contribution in [1.29, 1.82) is 0 Å². The van der Waals surface area contributed by atoms with E-state index in [0.717, 1.165) is 42.7 Å². The minimum atomic E-state index is -1.03. The second-order valence-corrected chi connectivity index (χ2v) is 5.19. The summed E-state index contributed by atoms with van der Waals surface area (Å²) in [4.78, 5) is 13.3. The molecule has 1 fully saturated rings. The molecule has 2 aromatic carbocycles. The Labute approximate surface area is 124 Å². The summed E-state index contributed by atoms with van der Waals surface area (Å²) >= 11 is 0. The monoisotopic (exact) mass is 282 g/mol. The van der Waals surface area contributed by atoms with Crippen LogP contribution in [0.3, 0.4) is 0 Å². The smallest absolute Gasteiger partial charge is 0.409 e. The largest absolute Gasteiger partial charge is 0.465 e. The molecule has 0 aliphatic carbocycles. The first-order valence-corrected chi connectivity index (χ1v) is 7.19. The molecule has 1 aliphatic heterocycles. The van der Waals surface area contributed by atoms with Gasteiger partial charge in [-0.05, 0) is 24.5 Å². The van der Waals surface area contributed by atoms with Crippen LogP contribution in [0.4, 0.5) is 16.2 Å². The molecule has 1 saturated heterocycles. The molecule has 0 spiro atoms. The van der Waals surface area contributed by atoms with E-state index >= 15 is 0 Å². The molecular weight excluding hydrogens is 264 g/mol. The van der Waals surface area contributed by atoms with E-state index < -0.39 is 6.09 Å². The Morgan fingerprint density at radius 2 is 1.71 bits per heavy atom. The van der Waals surface area contributed by atoms with Gasteiger partial charge in [-0.2, -0.15) is 0 Å². The summed E-state index contributed by atoms with van der Waals surface area (Å²) in [5.41, 5.74) is 3.83. The maximum Gasteiger partial charge on any atom is 0.409 e. The van der Waals surface area contributed by atoms with Crippen molar-refractivity contribution in [2.24, 2.45) is 0 Å². The maximum absolute atomic E-state index is 11.1. The van der Waals surface area contributed by atoms with Crippen molar-refractivity contribution < 1.29 is 9.90 Å². The highest BCUT2D eigenvalue weighted by Gasteiger charge is 2.20. The van der Waals surface area contributed by atoms with Gasteiger partial charge in [-0.3, -0.25) is 5.32 Å². The second kappa shape index (κ2) is 5.87. The van der Waals surface area contributed by atoms with E-state index in [9.17, 15) is 4.79 Å². The first-order chi connectivity index (χ1) is 10.3. The zero-order valence-corrected chi connectivity index (χ0v) is 11.7. The number of nitrogens with one attached hydrogen (secondary N) is 1. The fourth-order valence-corrected chi connectivity index (χ4v) is 2.89. The normalized spacial score (nSPS) is 14.2. The van der Waals surface area contributed by atoms with E-state index in [1.807, 2.05) is 30.3 Å². The summed E-state index contributed by atoms with van der Waals surface area (Å²) in [6.45, 7) is 1.94. The molecule has 4 heteroatoms. The Morgan fingerprint density at radius 1 is 1.00 bits per heavy atom. The van der Waals surface area contributed by atoms with Crippen molar-refractivity contribution in [3.05, 3.63) is 48.5 Å². The number of hydrogen-bond donors (Lipinski definition) is 2. The van der Waals surface area contributed by atoms with Gasteiger partial charge in [0.15, 0.2) is 0 Å². The van der Waals surface area contributed by atoms with Gasteiger partial charge in [-0.15, -0.1) is 0 Å². The van der Waals surface area contributed by atoms with Crippen LogP contribution in [-0.4, -0.2) is 24.3 Å². The van der Waals surface area contributed by atoms with Gasteiger partial charge in [-0.25, -0.2) is 4.79 Å². The molecule has 0 bridgehead atoms. The zero-order valence-electron chi connectivity index (χ0n) is 11.7. The highest BCUT2D eigenvalue weighted by molar-refractivity contribution is 5.95. The molecule has 1 aliphatic rings. The molecule has 0 saturated carbocycles. The van der Waals surface area contributed by atoms with Crippen LogP contribution in [0.1, 0.15) is 12.8 Å². The average Bonchev–Trinajstić information content (AvgIpc) is 3.01. The molecule has 108 valence electrons. The Kier molecular flexibility index (Phi) is 3.77. The highest BCUT2D eigenvalue weighted by atomic mass is 16.4. The Bertz CT molecular complexity index is 634. The van der Waals surface area contributed by atoms with Gasteiger partial charge >= 0.3 is 6.09 Å². The van der Waals surface area contributed by atoms with Gasteiger partial charge in [-0.1, -0.05) is 42.5 Å². The number of hydrogen-bond acceptors (Lipinski definition) is 2. The number of para-hydroxylation sites is 1. The van der Waals surface area contributed by atoms with Crippen LogP contribution < -0.4 is 10.2 Å². The first-order valence-electron chi connectivity index (χ1n) is 7.19. The van der Waals surface area contributed by atoms with Gasteiger partial charge in [0.05, 0.1) is 11.4 Å². The molecule has 0 atom stereocenters. The van der Waals surface area contributed by atoms with E-state index in [-0.39, 0.29) is 0 Å². The van der Waals surface area contributed by atoms with E-state index in [2.05, 4.69) is 28.4 Å². The maximum atomic E-state index is 11.1. The van der Waals surface area contributed by atoms with Crippen LogP contribution in [0.5, 0.6) is 0 Å².